The lowest BCUT2D eigenvalue weighted by molar-refractivity contribution is -0.135. The van der Waals surface area contributed by atoms with E-state index in [1.807, 2.05) is 25.8 Å². The first-order valence-electron chi connectivity index (χ1n) is 6.77. The van der Waals surface area contributed by atoms with Gasteiger partial charge in [-0.2, -0.15) is 0 Å². The number of carbonyl (C=O) groups excluding carboxylic acids is 1. The molecule has 3 nitrogen and oxygen atoms in total. The number of likely N-dealkylation sites (N-methyl/N-ethyl adjacent to an activating group) is 1. The number of nitrogens with two attached hydrogens (primary N) is 1. The molecule has 0 heterocycles. The van der Waals surface area contributed by atoms with Gasteiger partial charge in [-0.1, -0.05) is 27.7 Å². The lowest BCUT2D eigenvalue weighted by Gasteiger charge is -2.39. The zero-order valence-corrected chi connectivity index (χ0v) is 12.0. The van der Waals surface area contributed by atoms with Crippen molar-refractivity contribution in [2.24, 2.45) is 17.1 Å². The smallest absolute Gasteiger partial charge is 0.239 e. The fourth-order valence-corrected chi connectivity index (χ4v) is 2.47. The summed E-state index contributed by atoms with van der Waals surface area (Å²) in [6, 6.07) is 0.0373. The molecule has 1 amide bonds. The van der Waals surface area contributed by atoms with E-state index in [0.29, 0.717) is 11.5 Å². The Hall–Kier alpha value is -0.570. The van der Waals surface area contributed by atoms with Gasteiger partial charge in [0.05, 0.1) is 6.04 Å². The summed E-state index contributed by atoms with van der Waals surface area (Å²) in [7, 11) is 1.91. The van der Waals surface area contributed by atoms with Crippen molar-refractivity contribution in [3.05, 3.63) is 0 Å². The third-order valence-electron chi connectivity index (χ3n) is 4.21. The molecule has 0 aromatic rings. The number of hydrogen-bond acceptors (Lipinski definition) is 2. The molecule has 1 unspecified atom stereocenters. The minimum Gasteiger partial charge on any atom is -0.341 e. The van der Waals surface area contributed by atoms with Crippen LogP contribution in [-0.4, -0.2) is 29.9 Å². The van der Waals surface area contributed by atoms with E-state index in [2.05, 4.69) is 13.8 Å². The zero-order chi connectivity index (χ0) is 13.2. The molecule has 0 spiro atoms. The van der Waals surface area contributed by atoms with Gasteiger partial charge in [0.1, 0.15) is 0 Å². The Bertz CT molecular complexity index is 263. The largest absolute Gasteiger partial charge is 0.341 e. The maximum absolute atomic E-state index is 12.1. The summed E-state index contributed by atoms with van der Waals surface area (Å²) >= 11 is 0. The van der Waals surface area contributed by atoms with Crippen LogP contribution in [0.25, 0.3) is 0 Å². The number of hydrogen-bond donors (Lipinski definition) is 1. The van der Waals surface area contributed by atoms with Crippen LogP contribution in [0.15, 0.2) is 0 Å². The molecule has 2 N–H and O–H groups in total. The molecule has 1 aliphatic rings. The third-order valence-corrected chi connectivity index (χ3v) is 4.21. The molecule has 0 radical (unpaired) electrons. The second kappa shape index (κ2) is 5.38. The minimum atomic E-state index is -0.352. The van der Waals surface area contributed by atoms with Gasteiger partial charge in [-0.05, 0) is 37.0 Å². The molecule has 1 fully saturated rings. The predicted octanol–water partition coefficient (Wildman–Crippen LogP) is 2.40. The number of carbonyl (C=O) groups is 1. The van der Waals surface area contributed by atoms with E-state index < -0.39 is 0 Å². The van der Waals surface area contributed by atoms with E-state index >= 15 is 0 Å². The van der Waals surface area contributed by atoms with Gasteiger partial charge in [-0.3, -0.25) is 4.79 Å². The monoisotopic (exact) mass is 240 g/mol. The van der Waals surface area contributed by atoms with Crippen molar-refractivity contribution < 1.29 is 4.79 Å². The van der Waals surface area contributed by atoms with Crippen LogP contribution >= 0.6 is 0 Å². The molecule has 1 saturated carbocycles. The zero-order valence-electron chi connectivity index (χ0n) is 12.0. The van der Waals surface area contributed by atoms with E-state index in [0.717, 1.165) is 12.8 Å². The summed E-state index contributed by atoms with van der Waals surface area (Å²) in [6.07, 6.45) is 4.62. The van der Waals surface area contributed by atoms with Crippen LogP contribution in [-0.2, 0) is 4.79 Å². The van der Waals surface area contributed by atoms with Crippen LogP contribution in [0.1, 0.15) is 53.4 Å². The second-order valence-corrected chi connectivity index (χ2v) is 6.61. The fraction of sp³-hybridized carbons (Fsp3) is 0.929. The molecule has 17 heavy (non-hydrogen) atoms. The Kier molecular flexibility index (Phi) is 4.59. The number of rotatable bonds is 3. The maximum atomic E-state index is 12.1. The highest BCUT2D eigenvalue weighted by molar-refractivity contribution is 5.81. The van der Waals surface area contributed by atoms with Gasteiger partial charge >= 0.3 is 0 Å². The molecule has 0 aromatic carbocycles. The highest BCUT2D eigenvalue weighted by atomic mass is 16.2. The lowest BCUT2D eigenvalue weighted by atomic mass is 9.75. The Morgan fingerprint density at radius 2 is 1.76 bits per heavy atom. The van der Waals surface area contributed by atoms with Gasteiger partial charge in [0.15, 0.2) is 0 Å². The maximum Gasteiger partial charge on any atom is 0.239 e. The van der Waals surface area contributed by atoms with Gasteiger partial charge in [-0.25, -0.2) is 0 Å². The highest BCUT2D eigenvalue weighted by Crippen LogP contribution is 2.36. The Balaban J connectivity index is 2.54. The van der Waals surface area contributed by atoms with Crippen molar-refractivity contribution in [2.75, 3.05) is 7.05 Å². The predicted molar refractivity (Wildman–Crippen MR) is 71.6 cm³/mol. The van der Waals surface area contributed by atoms with Crippen LogP contribution in [0.2, 0.25) is 0 Å². The number of amides is 1. The Morgan fingerprint density at radius 1 is 1.29 bits per heavy atom. The average Bonchev–Trinajstić information content (AvgIpc) is 2.26. The van der Waals surface area contributed by atoms with E-state index in [4.69, 9.17) is 5.73 Å². The Labute approximate surface area is 106 Å². The molecule has 3 heteroatoms. The summed E-state index contributed by atoms with van der Waals surface area (Å²) in [4.78, 5) is 14.0. The minimum absolute atomic E-state index is 0.102. The van der Waals surface area contributed by atoms with Gasteiger partial charge in [-0.15, -0.1) is 0 Å². The van der Waals surface area contributed by atoms with Gasteiger partial charge in [0, 0.05) is 13.1 Å². The highest BCUT2D eigenvalue weighted by Gasteiger charge is 2.32. The first kappa shape index (κ1) is 14.5. The molecule has 0 aromatic heterocycles. The van der Waals surface area contributed by atoms with Crippen molar-refractivity contribution in [3.8, 4) is 0 Å². The van der Waals surface area contributed by atoms with Crippen LogP contribution in [0.4, 0.5) is 0 Å². The molecule has 1 atom stereocenters. The van der Waals surface area contributed by atoms with E-state index in [1.165, 1.54) is 12.8 Å². The summed E-state index contributed by atoms with van der Waals surface area (Å²) < 4.78 is 0. The lowest BCUT2D eigenvalue weighted by Crippen LogP contribution is -2.50. The van der Waals surface area contributed by atoms with Crippen LogP contribution < -0.4 is 5.73 Å². The first-order valence-corrected chi connectivity index (χ1v) is 6.77. The van der Waals surface area contributed by atoms with Crippen molar-refractivity contribution in [3.63, 3.8) is 0 Å². The van der Waals surface area contributed by atoms with Gasteiger partial charge in [0.25, 0.3) is 0 Å². The summed E-state index contributed by atoms with van der Waals surface area (Å²) in [5.41, 5.74) is 6.37. The van der Waals surface area contributed by atoms with Crippen molar-refractivity contribution >= 4 is 5.91 Å². The second-order valence-electron chi connectivity index (χ2n) is 6.61. The fourth-order valence-electron chi connectivity index (χ4n) is 2.47. The van der Waals surface area contributed by atoms with Crippen LogP contribution in [0.3, 0.4) is 0 Å². The molecule has 1 rings (SSSR count). The first-order chi connectivity index (χ1) is 7.74. The van der Waals surface area contributed by atoms with Crippen LogP contribution in [0.5, 0.6) is 0 Å². The topological polar surface area (TPSA) is 46.3 Å². The van der Waals surface area contributed by atoms with Gasteiger partial charge in [0.2, 0.25) is 5.91 Å². The van der Waals surface area contributed by atoms with Crippen molar-refractivity contribution in [1.29, 1.82) is 0 Å². The molecule has 100 valence electrons. The molecular weight excluding hydrogens is 212 g/mol. The van der Waals surface area contributed by atoms with Crippen LogP contribution in [0, 0.1) is 11.3 Å². The van der Waals surface area contributed by atoms with E-state index in [9.17, 15) is 4.79 Å². The molecule has 0 aliphatic heterocycles. The van der Waals surface area contributed by atoms with E-state index in [-0.39, 0.29) is 17.9 Å². The standard InChI is InChI=1S/C14H28N2O/c1-10(2)12(15)13(17)16(5)11-6-8-14(3,4)9-7-11/h10-12H,6-9,15H2,1-5H3. The summed E-state index contributed by atoms with van der Waals surface area (Å²) in [5, 5.41) is 0. The normalized spacial score (nSPS) is 22.5. The summed E-state index contributed by atoms with van der Waals surface area (Å²) in [5.74, 6) is 0.315. The average molecular weight is 240 g/mol. The quantitative estimate of drug-likeness (QED) is 0.823. The molecular formula is C14H28N2O. The third kappa shape index (κ3) is 3.70. The van der Waals surface area contributed by atoms with Crippen molar-refractivity contribution in [1.82, 2.24) is 4.90 Å². The van der Waals surface area contributed by atoms with E-state index in [1.54, 1.807) is 0 Å². The summed E-state index contributed by atoms with van der Waals surface area (Å²) in [6.45, 7) is 8.62. The van der Waals surface area contributed by atoms with Gasteiger partial charge < -0.3 is 10.6 Å². The molecule has 0 bridgehead atoms. The Morgan fingerprint density at radius 3 is 2.18 bits per heavy atom. The molecule has 1 aliphatic carbocycles. The molecule has 0 saturated heterocycles. The SMILES string of the molecule is CC(C)C(N)C(=O)N(C)C1CCC(C)(C)CC1. The van der Waals surface area contributed by atoms with Crippen molar-refractivity contribution in [2.45, 2.75) is 65.5 Å². The number of nitrogens with zero attached hydrogens (tertiary/aromatic N) is 1.